The molecule has 0 aromatic rings. The maximum absolute atomic E-state index is 13.2. The molecule has 0 aliphatic carbocycles. The Hall–Kier alpha value is -1.72. The molecule has 7 N–H and O–H groups in total. The van der Waals surface area contributed by atoms with E-state index in [-0.39, 0.29) is 6.42 Å². The molecular formula is C55H103NO12S. The SMILES string of the molecule is CCCCCCCCCCCCC/C=C\CCCCCCCCC(O)C(=O)NC(COC1OC(CO)C(O)C(OS(=O)(=O)O)C1O)C(O)/C=C/CC/C=C/CCCCCCCCCCCCCCC. The fraction of sp³-hybridized carbons (Fsp3) is 0.873. The highest BCUT2D eigenvalue weighted by molar-refractivity contribution is 7.80. The number of rotatable bonds is 48. The molecule has 8 atom stereocenters. The number of unbranched alkanes of at least 4 members (excludes halogenated alkanes) is 31. The summed E-state index contributed by atoms with van der Waals surface area (Å²) in [6.45, 7) is 3.24. The Morgan fingerprint density at radius 2 is 0.971 bits per heavy atom. The molecule has 69 heavy (non-hydrogen) atoms. The van der Waals surface area contributed by atoms with Gasteiger partial charge in [-0.2, -0.15) is 8.42 Å². The summed E-state index contributed by atoms with van der Waals surface area (Å²) in [4.78, 5) is 13.2. The van der Waals surface area contributed by atoms with Crippen LogP contribution in [0.1, 0.15) is 245 Å². The summed E-state index contributed by atoms with van der Waals surface area (Å²) in [6.07, 6.45) is 43.7. The minimum absolute atomic E-state index is 0.230. The molecule has 1 rings (SSSR count). The van der Waals surface area contributed by atoms with E-state index in [1.54, 1.807) is 6.08 Å². The number of amides is 1. The molecule has 0 radical (unpaired) electrons. The second-order valence-electron chi connectivity index (χ2n) is 19.7. The van der Waals surface area contributed by atoms with Gasteiger partial charge in [0, 0.05) is 0 Å². The topological polar surface area (TPSA) is 212 Å². The molecule has 0 aromatic carbocycles. The zero-order chi connectivity index (χ0) is 50.6. The predicted molar refractivity (Wildman–Crippen MR) is 279 cm³/mol. The average Bonchev–Trinajstić information content (AvgIpc) is 3.32. The van der Waals surface area contributed by atoms with E-state index in [2.05, 4.69) is 47.7 Å². The van der Waals surface area contributed by atoms with Crippen LogP contribution in [-0.4, -0.2) is 107 Å². The lowest BCUT2D eigenvalue weighted by Gasteiger charge is -2.41. The molecule has 1 saturated heterocycles. The van der Waals surface area contributed by atoms with Crippen LogP contribution in [0.4, 0.5) is 0 Å². The summed E-state index contributed by atoms with van der Waals surface area (Å²) in [6, 6.07) is -1.14. The van der Waals surface area contributed by atoms with Gasteiger partial charge in [0.05, 0.1) is 25.4 Å². The first-order valence-corrected chi connectivity index (χ1v) is 29.3. The van der Waals surface area contributed by atoms with Crippen LogP contribution in [0.5, 0.6) is 0 Å². The van der Waals surface area contributed by atoms with Crippen molar-refractivity contribution >= 4 is 16.3 Å². The Morgan fingerprint density at radius 3 is 1.39 bits per heavy atom. The molecule has 0 spiro atoms. The van der Waals surface area contributed by atoms with Crippen molar-refractivity contribution in [1.82, 2.24) is 5.32 Å². The van der Waals surface area contributed by atoms with Crippen LogP contribution in [0.3, 0.4) is 0 Å². The number of carbonyl (C=O) groups is 1. The van der Waals surface area contributed by atoms with Crippen LogP contribution in [0.25, 0.3) is 0 Å². The van der Waals surface area contributed by atoms with E-state index >= 15 is 0 Å². The second-order valence-corrected chi connectivity index (χ2v) is 20.7. The smallest absolute Gasteiger partial charge is 0.394 e. The van der Waals surface area contributed by atoms with Gasteiger partial charge in [-0.05, 0) is 57.8 Å². The lowest BCUT2D eigenvalue weighted by molar-refractivity contribution is -0.298. The zero-order valence-corrected chi connectivity index (χ0v) is 44.3. The number of aliphatic hydroxyl groups is 5. The van der Waals surface area contributed by atoms with Gasteiger partial charge < -0.3 is 40.3 Å². The molecule has 0 saturated carbocycles. The molecule has 0 bridgehead atoms. The van der Waals surface area contributed by atoms with Crippen LogP contribution in [-0.2, 0) is 28.9 Å². The van der Waals surface area contributed by atoms with Crippen molar-refractivity contribution in [1.29, 1.82) is 0 Å². The van der Waals surface area contributed by atoms with Crippen LogP contribution >= 0.6 is 0 Å². The van der Waals surface area contributed by atoms with Gasteiger partial charge in [-0.1, -0.05) is 224 Å². The van der Waals surface area contributed by atoms with Crippen LogP contribution in [0, 0.1) is 0 Å². The minimum atomic E-state index is -5.13. The third kappa shape index (κ3) is 36.8. The van der Waals surface area contributed by atoms with Crippen molar-refractivity contribution in [2.24, 2.45) is 0 Å². The normalized spacial score (nSPS) is 20.4. The van der Waals surface area contributed by atoms with Crippen molar-refractivity contribution in [3.63, 3.8) is 0 Å². The molecule has 1 aliphatic heterocycles. The van der Waals surface area contributed by atoms with Gasteiger partial charge >= 0.3 is 10.4 Å². The molecule has 406 valence electrons. The Labute approximate surface area is 420 Å². The molecular weight excluding hydrogens is 899 g/mol. The van der Waals surface area contributed by atoms with E-state index in [4.69, 9.17) is 9.47 Å². The van der Waals surface area contributed by atoms with Gasteiger partial charge in [0.15, 0.2) is 6.29 Å². The van der Waals surface area contributed by atoms with Crippen molar-refractivity contribution in [2.75, 3.05) is 13.2 Å². The standard InChI is InChI=1S/C55H103NO12S/c1-3-5-7-9-11-13-15-17-19-21-23-24-26-28-30-32-34-36-38-40-42-44-49(59)54(62)56-47(46-66-55-52(61)53(68-69(63,64)65)51(60)50(45-57)67-55)48(58)43-41-39-37-35-33-31-29-27-25-22-20-18-16-14-12-10-8-6-4-2/h26,28,33,35,41,43,47-53,55,57-61H,3-25,27,29-32,34,36-40,42,44-46H2,1-2H3,(H,56,62)(H,63,64,65)/b28-26-,35-33+,43-41+. The Morgan fingerprint density at radius 1 is 0.580 bits per heavy atom. The summed E-state index contributed by atoms with van der Waals surface area (Å²) in [5.74, 6) is -0.714. The van der Waals surface area contributed by atoms with Crippen LogP contribution in [0.2, 0.25) is 0 Å². The fourth-order valence-corrected chi connectivity index (χ4v) is 9.33. The van der Waals surface area contributed by atoms with Crippen LogP contribution < -0.4 is 5.32 Å². The maximum atomic E-state index is 13.2. The minimum Gasteiger partial charge on any atom is -0.394 e. The van der Waals surface area contributed by atoms with Gasteiger partial charge in [0.1, 0.15) is 30.5 Å². The van der Waals surface area contributed by atoms with E-state index in [1.807, 2.05) is 0 Å². The Kier molecular flexibility index (Phi) is 42.5. The molecule has 14 heteroatoms. The molecule has 0 aromatic heterocycles. The number of allylic oxidation sites excluding steroid dienone is 5. The van der Waals surface area contributed by atoms with E-state index < -0.39 is 78.5 Å². The van der Waals surface area contributed by atoms with Gasteiger partial charge in [-0.15, -0.1) is 0 Å². The number of nitrogens with one attached hydrogen (secondary N) is 1. The van der Waals surface area contributed by atoms with E-state index in [1.165, 1.54) is 154 Å². The third-order valence-corrected chi connectivity index (χ3v) is 13.7. The first kappa shape index (κ1) is 65.3. The monoisotopic (exact) mass is 1000 g/mol. The summed E-state index contributed by atoms with van der Waals surface area (Å²) in [5.41, 5.74) is 0. The van der Waals surface area contributed by atoms with E-state index in [0.29, 0.717) is 12.8 Å². The van der Waals surface area contributed by atoms with Gasteiger partial charge in [0.25, 0.3) is 0 Å². The number of hydrogen-bond acceptors (Lipinski definition) is 11. The molecule has 8 unspecified atom stereocenters. The molecule has 1 heterocycles. The highest BCUT2D eigenvalue weighted by Gasteiger charge is 2.48. The first-order chi connectivity index (χ1) is 33.4. The van der Waals surface area contributed by atoms with E-state index in [9.17, 15) is 43.3 Å². The predicted octanol–water partition coefficient (Wildman–Crippen LogP) is 11.6. The zero-order valence-electron chi connectivity index (χ0n) is 43.5. The van der Waals surface area contributed by atoms with Gasteiger partial charge in [0.2, 0.25) is 5.91 Å². The summed E-state index contributed by atoms with van der Waals surface area (Å²) in [5, 5.41) is 55.5. The summed E-state index contributed by atoms with van der Waals surface area (Å²) >= 11 is 0. The lowest BCUT2D eigenvalue weighted by atomic mass is 9.99. The highest BCUT2D eigenvalue weighted by atomic mass is 32.3. The molecule has 1 aliphatic rings. The van der Waals surface area contributed by atoms with Gasteiger partial charge in [-0.3, -0.25) is 9.35 Å². The quantitative estimate of drug-likeness (QED) is 0.0172. The molecule has 1 fully saturated rings. The van der Waals surface area contributed by atoms with Gasteiger partial charge in [-0.25, -0.2) is 4.18 Å². The molecule has 13 nitrogen and oxygen atoms in total. The van der Waals surface area contributed by atoms with Crippen molar-refractivity contribution in [2.45, 2.75) is 294 Å². The summed E-state index contributed by atoms with van der Waals surface area (Å²) < 4.78 is 47.7. The largest absolute Gasteiger partial charge is 0.397 e. The first-order valence-electron chi connectivity index (χ1n) is 28.0. The van der Waals surface area contributed by atoms with Crippen molar-refractivity contribution < 1.29 is 57.0 Å². The average molecular weight is 1000 g/mol. The number of aliphatic hydroxyl groups excluding tert-OH is 5. The number of ether oxygens (including phenoxy) is 2. The number of carbonyl (C=O) groups excluding carboxylic acids is 1. The maximum Gasteiger partial charge on any atom is 0.397 e. The summed E-state index contributed by atoms with van der Waals surface area (Å²) in [7, 11) is -5.13. The fourth-order valence-electron chi connectivity index (χ4n) is 8.83. The van der Waals surface area contributed by atoms with Crippen molar-refractivity contribution in [3.05, 3.63) is 36.5 Å². The number of hydrogen-bond donors (Lipinski definition) is 7. The Bertz CT molecular complexity index is 1380. The highest BCUT2D eigenvalue weighted by Crippen LogP contribution is 2.26. The van der Waals surface area contributed by atoms with Crippen LogP contribution in [0.15, 0.2) is 36.5 Å². The van der Waals surface area contributed by atoms with Crippen molar-refractivity contribution in [3.8, 4) is 0 Å². The lowest BCUT2D eigenvalue weighted by Crippen LogP contribution is -2.61. The third-order valence-electron chi connectivity index (χ3n) is 13.3. The van der Waals surface area contributed by atoms with E-state index in [0.717, 1.165) is 64.2 Å². The second kappa shape index (κ2) is 44.9. The molecule has 1 amide bonds. The Balaban J connectivity index is 2.49.